The minimum Gasteiger partial charge on any atom is -0.313 e. The van der Waals surface area contributed by atoms with Crippen LogP contribution in [0.25, 0.3) is 0 Å². The van der Waals surface area contributed by atoms with Gasteiger partial charge in [-0.2, -0.15) is 0 Å². The summed E-state index contributed by atoms with van der Waals surface area (Å²) in [7, 11) is -2.84. The van der Waals surface area contributed by atoms with Gasteiger partial charge < -0.3 is 5.32 Å². The number of rotatable bonds is 10. The van der Waals surface area contributed by atoms with Crippen LogP contribution in [0.5, 0.6) is 0 Å². The van der Waals surface area contributed by atoms with Gasteiger partial charge in [0.2, 0.25) is 0 Å². The Bertz CT molecular complexity index is 250. The van der Waals surface area contributed by atoms with Crippen LogP contribution in [0.15, 0.2) is 0 Å². The second kappa shape index (κ2) is 8.99. The molecule has 0 rings (SSSR count). The molecule has 1 atom stereocenters. The van der Waals surface area contributed by atoms with Gasteiger partial charge in [-0.25, -0.2) is 8.42 Å². The van der Waals surface area contributed by atoms with Crippen LogP contribution in [0.2, 0.25) is 0 Å². The van der Waals surface area contributed by atoms with E-state index in [1.54, 1.807) is 0 Å². The first-order chi connectivity index (χ1) is 7.45. The van der Waals surface area contributed by atoms with Crippen molar-refractivity contribution in [3.8, 4) is 0 Å². The summed E-state index contributed by atoms with van der Waals surface area (Å²) in [4.78, 5) is 0. The van der Waals surface area contributed by atoms with Crippen molar-refractivity contribution in [2.24, 2.45) is 0 Å². The second-order valence-electron chi connectivity index (χ2n) is 4.72. The maximum atomic E-state index is 11.0. The fraction of sp³-hybridized carbons (Fsp3) is 1.00. The van der Waals surface area contributed by atoms with Crippen LogP contribution in [-0.2, 0) is 9.84 Å². The topological polar surface area (TPSA) is 46.2 Å². The lowest BCUT2D eigenvalue weighted by Crippen LogP contribution is -2.33. The molecular weight excluding hydrogens is 222 g/mol. The molecule has 4 heteroatoms. The quantitative estimate of drug-likeness (QED) is 0.605. The monoisotopic (exact) mass is 249 g/mol. The molecule has 0 spiro atoms. The van der Waals surface area contributed by atoms with Gasteiger partial charge in [-0.05, 0) is 19.9 Å². The maximum Gasteiger partial charge on any atom is 0.148 e. The molecule has 1 N–H and O–H groups in total. The first kappa shape index (κ1) is 15.9. The zero-order chi connectivity index (χ0) is 12.4. The van der Waals surface area contributed by atoms with Gasteiger partial charge >= 0.3 is 0 Å². The van der Waals surface area contributed by atoms with E-state index in [1.807, 2.05) is 6.92 Å². The summed E-state index contributed by atoms with van der Waals surface area (Å²) in [5.41, 5.74) is 0. The highest BCUT2D eigenvalue weighted by Crippen LogP contribution is 2.04. The van der Waals surface area contributed by atoms with E-state index in [0.717, 1.165) is 13.0 Å². The highest BCUT2D eigenvalue weighted by Gasteiger charge is 2.08. The third-order valence-corrected chi connectivity index (χ3v) is 3.68. The molecule has 0 aliphatic heterocycles. The van der Waals surface area contributed by atoms with Gasteiger partial charge in [-0.15, -0.1) is 0 Å². The maximum absolute atomic E-state index is 11.0. The van der Waals surface area contributed by atoms with Crippen LogP contribution in [-0.4, -0.2) is 33.0 Å². The van der Waals surface area contributed by atoms with Crippen molar-refractivity contribution in [2.75, 3.05) is 18.6 Å². The summed E-state index contributed by atoms with van der Waals surface area (Å²) in [5, 5.41) is 3.25. The van der Waals surface area contributed by atoms with Crippen molar-refractivity contribution in [1.29, 1.82) is 0 Å². The molecule has 3 nitrogen and oxygen atoms in total. The van der Waals surface area contributed by atoms with Gasteiger partial charge in [0.15, 0.2) is 0 Å². The van der Waals surface area contributed by atoms with Crippen LogP contribution < -0.4 is 5.32 Å². The number of nitrogens with one attached hydrogen (secondary N) is 1. The van der Waals surface area contributed by atoms with E-state index in [4.69, 9.17) is 0 Å². The highest BCUT2D eigenvalue weighted by molar-refractivity contribution is 7.90. The third-order valence-electron chi connectivity index (χ3n) is 2.58. The van der Waals surface area contributed by atoms with E-state index in [0.29, 0.717) is 0 Å². The van der Waals surface area contributed by atoms with Gasteiger partial charge in [-0.3, -0.25) is 0 Å². The predicted octanol–water partition coefficient (Wildman–Crippen LogP) is 2.37. The van der Waals surface area contributed by atoms with Crippen molar-refractivity contribution in [3.05, 3.63) is 0 Å². The molecule has 0 saturated carbocycles. The number of sulfone groups is 1. The average Bonchev–Trinajstić information content (AvgIpc) is 2.13. The van der Waals surface area contributed by atoms with Gasteiger partial charge in [0.25, 0.3) is 0 Å². The van der Waals surface area contributed by atoms with Crippen molar-refractivity contribution >= 4 is 9.84 Å². The smallest absolute Gasteiger partial charge is 0.148 e. The fourth-order valence-electron chi connectivity index (χ4n) is 1.77. The highest BCUT2D eigenvalue weighted by atomic mass is 32.2. The first-order valence-corrected chi connectivity index (χ1v) is 8.43. The molecule has 1 unspecified atom stereocenters. The molecule has 0 aromatic carbocycles. The zero-order valence-corrected chi connectivity index (χ0v) is 11.8. The largest absolute Gasteiger partial charge is 0.313 e. The van der Waals surface area contributed by atoms with Crippen molar-refractivity contribution in [1.82, 2.24) is 5.32 Å². The molecule has 0 radical (unpaired) electrons. The summed E-state index contributed by atoms with van der Waals surface area (Å²) in [6.45, 7) is 5.08. The van der Waals surface area contributed by atoms with Crippen LogP contribution in [0.4, 0.5) is 0 Å². The Morgan fingerprint density at radius 1 is 1.06 bits per heavy atom. The molecule has 0 aromatic rings. The summed E-state index contributed by atoms with van der Waals surface area (Å²) in [5.74, 6) is 0.239. The summed E-state index contributed by atoms with van der Waals surface area (Å²) in [6, 6.07) is 0.0747. The van der Waals surface area contributed by atoms with E-state index < -0.39 is 9.84 Å². The summed E-state index contributed by atoms with van der Waals surface area (Å²) < 4.78 is 22.0. The van der Waals surface area contributed by atoms with E-state index in [9.17, 15) is 8.42 Å². The van der Waals surface area contributed by atoms with Crippen LogP contribution in [0.3, 0.4) is 0 Å². The third kappa shape index (κ3) is 12.0. The van der Waals surface area contributed by atoms with Gasteiger partial charge in [0.1, 0.15) is 9.84 Å². The lowest BCUT2D eigenvalue weighted by atomic mass is 10.1. The Labute approximate surface area is 101 Å². The molecule has 98 valence electrons. The van der Waals surface area contributed by atoms with E-state index >= 15 is 0 Å². The number of hydrogen-bond acceptors (Lipinski definition) is 3. The zero-order valence-electron chi connectivity index (χ0n) is 11.0. The number of hydrogen-bond donors (Lipinski definition) is 1. The van der Waals surface area contributed by atoms with Gasteiger partial charge in [0, 0.05) is 12.3 Å². The van der Waals surface area contributed by atoms with E-state index in [2.05, 4.69) is 12.2 Å². The molecule has 0 fully saturated rings. The van der Waals surface area contributed by atoms with Crippen LogP contribution in [0, 0.1) is 0 Å². The molecule has 0 saturated heterocycles. The Morgan fingerprint density at radius 2 is 1.62 bits per heavy atom. The Hall–Kier alpha value is -0.0900. The Morgan fingerprint density at radius 3 is 2.19 bits per heavy atom. The van der Waals surface area contributed by atoms with Crippen molar-refractivity contribution in [2.45, 2.75) is 58.4 Å². The van der Waals surface area contributed by atoms with Crippen molar-refractivity contribution < 1.29 is 8.42 Å². The van der Waals surface area contributed by atoms with Gasteiger partial charge in [0.05, 0.1) is 5.75 Å². The predicted molar refractivity (Wildman–Crippen MR) is 70.6 cm³/mol. The lowest BCUT2D eigenvalue weighted by Gasteiger charge is -2.12. The van der Waals surface area contributed by atoms with Crippen LogP contribution in [0.1, 0.15) is 52.4 Å². The minimum atomic E-state index is -2.84. The molecule has 0 amide bonds. The molecule has 0 aromatic heterocycles. The SMILES string of the molecule is CCCCCCCCNC(C)CS(C)(=O)=O. The molecule has 16 heavy (non-hydrogen) atoms. The molecule has 0 heterocycles. The molecule has 0 bridgehead atoms. The number of unbranched alkanes of at least 4 members (excludes halogenated alkanes) is 5. The average molecular weight is 249 g/mol. The van der Waals surface area contributed by atoms with E-state index in [-0.39, 0.29) is 11.8 Å². The first-order valence-electron chi connectivity index (χ1n) is 6.37. The summed E-state index contributed by atoms with van der Waals surface area (Å²) >= 11 is 0. The minimum absolute atomic E-state index is 0.0747. The molecule has 0 aliphatic rings. The second-order valence-corrected chi connectivity index (χ2v) is 6.90. The van der Waals surface area contributed by atoms with Gasteiger partial charge in [-0.1, -0.05) is 39.0 Å². The normalized spacial score (nSPS) is 13.9. The standard InChI is InChI=1S/C12H27NO2S/c1-4-5-6-7-8-9-10-13-12(2)11-16(3,14)15/h12-13H,4-11H2,1-3H3. The summed E-state index contributed by atoms with van der Waals surface area (Å²) in [6.07, 6.45) is 8.93. The Kier molecular flexibility index (Phi) is 8.94. The van der Waals surface area contributed by atoms with Crippen LogP contribution >= 0.6 is 0 Å². The molecule has 0 aliphatic carbocycles. The lowest BCUT2D eigenvalue weighted by molar-refractivity contribution is 0.528. The molecular formula is C12H27NO2S. The van der Waals surface area contributed by atoms with E-state index in [1.165, 1.54) is 38.4 Å². The Balaban J connectivity index is 3.31. The van der Waals surface area contributed by atoms with Crippen molar-refractivity contribution in [3.63, 3.8) is 0 Å². The fourth-order valence-corrected chi connectivity index (χ4v) is 2.79.